The summed E-state index contributed by atoms with van der Waals surface area (Å²) in [6, 6.07) is 15.4. The molecular weight excluding hydrogens is 338 g/mol. The summed E-state index contributed by atoms with van der Waals surface area (Å²) < 4.78 is 10.6. The fourth-order valence-electron chi connectivity index (χ4n) is 2.76. The number of ketones is 1. The highest BCUT2D eigenvalue weighted by molar-refractivity contribution is 5.99. The summed E-state index contributed by atoms with van der Waals surface area (Å²) in [4.78, 5) is 15.1. The monoisotopic (exact) mass is 363 g/mol. The zero-order valence-corrected chi connectivity index (χ0v) is 16.0. The van der Waals surface area contributed by atoms with Gasteiger partial charge in [0.05, 0.1) is 14.2 Å². The lowest BCUT2D eigenvalue weighted by atomic mass is 9.90. The summed E-state index contributed by atoms with van der Waals surface area (Å²) in [5, 5.41) is 0. The highest BCUT2D eigenvalue weighted by Gasteiger charge is 2.22. The minimum atomic E-state index is -0.126. The zero-order chi connectivity index (χ0) is 17.5. The second-order valence-corrected chi connectivity index (χ2v) is 6.11. The number of carbonyl (C=O) groups excluding carboxylic acids is 1. The number of hydrogen-bond acceptors (Lipinski definition) is 4. The standard InChI is InChI=1S/C20H25NO3.ClH/c1-21(2)14-17(10-15-8-6-5-7-9-15)20(22)16-11-18(23-3)13-19(12-16)24-4;/h5-9,11-13,17H,10,14H2,1-4H3;1H/t17-;/m0./s1. The average Bonchev–Trinajstić information content (AvgIpc) is 2.60. The number of benzene rings is 2. The highest BCUT2D eigenvalue weighted by atomic mass is 35.5. The van der Waals surface area contributed by atoms with Crippen molar-refractivity contribution in [2.24, 2.45) is 5.92 Å². The van der Waals surface area contributed by atoms with Crippen molar-refractivity contribution >= 4 is 18.2 Å². The maximum absolute atomic E-state index is 13.1. The Morgan fingerprint density at radius 2 is 1.56 bits per heavy atom. The van der Waals surface area contributed by atoms with Crippen LogP contribution in [0.2, 0.25) is 0 Å². The van der Waals surface area contributed by atoms with Gasteiger partial charge in [0.25, 0.3) is 0 Å². The fraction of sp³-hybridized carbons (Fsp3) is 0.350. The molecule has 2 aromatic carbocycles. The summed E-state index contributed by atoms with van der Waals surface area (Å²) in [5.41, 5.74) is 1.78. The number of methoxy groups -OCH3 is 2. The van der Waals surface area contributed by atoms with E-state index in [1.807, 2.05) is 37.2 Å². The van der Waals surface area contributed by atoms with E-state index in [1.165, 1.54) is 0 Å². The van der Waals surface area contributed by atoms with Gasteiger partial charge >= 0.3 is 0 Å². The van der Waals surface area contributed by atoms with E-state index in [4.69, 9.17) is 9.47 Å². The molecule has 0 aromatic heterocycles. The Kier molecular flexibility index (Phi) is 8.46. The number of nitrogens with zero attached hydrogens (tertiary/aromatic N) is 1. The molecule has 2 aromatic rings. The van der Waals surface area contributed by atoms with Gasteiger partial charge in [-0.2, -0.15) is 0 Å². The van der Waals surface area contributed by atoms with Gasteiger partial charge in [0.1, 0.15) is 11.5 Å². The number of rotatable bonds is 8. The lowest BCUT2D eigenvalue weighted by molar-refractivity contribution is 0.0896. The summed E-state index contributed by atoms with van der Waals surface area (Å²) in [6.07, 6.45) is 0.706. The molecule has 0 aliphatic heterocycles. The molecule has 4 nitrogen and oxygen atoms in total. The van der Waals surface area contributed by atoms with Crippen LogP contribution in [0.4, 0.5) is 0 Å². The van der Waals surface area contributed by atoms with E-state index in [0.29, 0.717) is 30.0 Å². The Bertz CT molecular complexity index is 652. The largest absolute Gasteiger partial charge is 0.497 e. The third-order valence-corrected chi connectivity index (χ3v) is 3.92. The molecule has 0 aliphatic rings. The third-order valence-electron chi connectivity index (χ3n) is 3.92. The first-order valence-electron chi connectivity index (χ1n) is 7.99. The minimum Gasteiger partial charge on any atom is -0.497 e. The van der Waals surface area contributed by atoms with Gasteiger partial charge in [-0.1, -0.05) is 30.3 Å². The van der Waals surface area contributed by atoms with Crippen molar-refractivity contribution in [3.63, 3.8) is 0 Å². The Morgan fingerprint density at radius 1 is 1.00 bits per heavy atom. The van der Waals surface area contributed by atoms with E-state index < -0.39 is 0 Å². The van der Waals surface area contributed by atoms with Gasteiger partial charge in [0.2, 0.25) is 0 Å². The number of carbonyl (C=O) groups is 1. The van der Waals surface area contributed by atoms with Crippen LogP contribution in [-0.2, 0) is 6.42 Å². The predicted molar refractivity (Wildman–Crippen MR) is 103 cm³/mol. The zero-order valence-electron chi connectivity index (χ0n) is 15.2. The molecule has 136 valence electrons. The molecule has 0 aliphatic carbocycles. The average molecular weight is 364 g/mol. The van der Waals surface area contributed by atoms with E-state index in [-0.39, 0.29) is 24.1 Å². The maximum atomic E-state index is 13.1. The number of ether oxygens (including phenoxy) is 2. The molecule has 5 heteroatoms. The van der Waals surface area contributed by atoms with E-state index in [1.54, 1.807) is 32.4 Å². The van der Waals surface area contributed by atoms with Gasteiger partial charge in [-0.3, -0.25) is 4.79 Å². The van der Waals surface area contributed by atoms with Crippen molar-refractivity contribution in [2.75, 3.05) is 34.9 Å². The molecule has 0 radical (unpaired) electrons. The molecule has 0 saturated heterocycles. The van der Waals surface area contributed by atoms with Crippen molar-refractivity contribution in [3.8, 4) is 11.5 Å². The van der Waals surface area contributed by atoms with Crippen LogP contribution in [-0.4, -0.2) is 45.5 Å². The van der Waals surface area contributed by atoms with Crippen molar-refractivity contribution in [2.45, 2.75) is 6.42 Å². The molecule has 1 atom stereocenters. The van der Waals surface area contributed by atoms with Crippen LogP contribution in [0.5, 0.6) is 11.5 Å². The van der Waals surface area contributed by atoms with Crippen molar-refractivity contribution < 1.29 is 14.3 Å². The van der Waals surface area contributed by atoms with Gasteiger partial charge in [-0.05, 0) is 38.2 Å². The van der Waals surface area contributed by atoms with E-state index in [0.717, 1.165) is 5.56 Å². The van der Waals surface area contributed by atoms with E-state index >= 15 is 0 Å². The Balaban J connectivity index is 0.00000312. The van der Waals surface area contributed by atoms with Crippen LogP contribution < -0.4 is 9.47 Å². The number of halogens is 1. The van der Waals surface area contributed by atoms with Gasteiger partial charge < -0.3 is 14.4 Å². The molecule has 0 unspecified atom stereocenters. The molecule has 0 saturated carbocycles. The molecule has 0 spiro atoms. The van der Waals surface area contributed by atoms with Crippen LogP contribution >= 0.6 is 12.4 Å². The molecule has 0 amide bonds. The Morgan fingerprint density at radius 3 is 2.04 bits per heavy atom. The first-order valence-corrected chi connectivity index (χ1v) is 7.99. The molecule has 0 N–H and O–H groups in total. The quantitative estimate of drug-likeness (QED) is 0.670. The lowest BCUT2D eigenvalue weighted by Gasteiger charge is -2.21. The van der Waals surface area contributed by atoms with Crippen molar-refractivity contribution in [1.82, 2.24) is 4.90 Å². The first kappa shape index (κ1) is 21.0. The summed E-state index contributed by atoms with van der Waals surface area (Å²) in [7, 11) is 7.14. The highest BCUT2D eigenvalue weighted by Crippen LogP contribution is 2.25. The number of hydrogen-bond donors (Lipinski definition) is 0. The summed E-state index contributed by atoms with van der Waals surface area (Å²) >= 11 is 0. The van der Waals surface area contributed by atoms with Crippen LogP contribution in [0.1, 0.15) is 15.9 Å². The molecular formula is C20H26ClNO3. The predicted octanol–water partition coefficient (Wildman–Crippen LogP) is 3.73. The summed E-state index contributed by atoms with van der Waals surface area (Å²) in [5.74, 6) is 1.23. The SMILES string of the molecule is COc1cc(OC)cc(C(=O)[C@@H](Cc2ccccc2)CN(C)C)c1.Cl. The molecule has 0 fully saturated rings. The Labute approximate surface area is 156 Å². The molecule has 2 rings (SSSR count). The third kappa shape index (κ3) is 6.07. The number of Topliss-reactive ketones (excluding diaryl/α,β-unsaturated/α-hetero) is 1. The lowest BCUT2D eigenvalue weighted by Crippen LogP contribution is -2.29. The molecule has 25 heavy (non-hydrogen) atoms. The van der Waals surface area contributed by atoms with Gasteiger partial charge in [0, 0.05) is 24.1 Å². The van der Waals surface area contributed by atoms with Crippen molar-refractivity contribution in [3.05, 3.63) is 59.7 Å². The topological polar surface area (TPSA) is 38.8 Å². The normalized spacial score (nSPS) is 11.6. The molecule has 0 heterocycles. The van der Waals surface area contributed by atoms with Gasteiger partial charge in [0.15, 0.2) is 5.78 Å². The van der Waals surface area contributed by atoms with Crippen LogP contribution in [0, 0.1) is 5.92 Å². The van der Waals surface area contributed by atoms with Crippen LogP contribution in [0.3, 0.4) is 0 Å². The molecule has 0 bridgehead atoms. The second-order valence-electron chi connectivity index (χ2n) is 6.11. The van der Waals surface area contributed by atoms with E-state index in [9.17, 15) is 4.79 Å². The first-order chi connectivity index (χ1) is 11.5. The smallest absolute Gasteiger partial charge is 0.167 e. The maximum Gasteiger partial charge on any atom is 0.167 e. The van der Waals surface area contributed by atoms with Crippen molar-refractivity contribution in [1.29, 1.82) is 0 Å². The van der Waals surface area contributed by atoms with Gasteiger partial charge in [-0.25, -0.2) is 0 Å². The summed E-state index contributed by atoms with van der Waals surface area (Å²) in [6.45, 7) is 0.688. The van der Waals surface area contributed by atoms with Crippen LogP contribution in [0.15, 0.2) is 48.5 Å². The Hall–Kier alpha value is -2.04. The van der Waals surface area contributed by atoms with Crippen LogP contribution in [0.25, 0.3) is 0 Å². The van der Waals surface area contributed by atoms with E-state index in [2.05, 4.69) is 12.1 Å². The fourth-order valence-corrected chi connectivity index (χ4v) is 2.76. The second kappa shape index (κ2) is 10.1. The minimum absolute atomic E-state index is 0. The van der Waals surface area contributed by atoms with Gasteiger partial charge in [-0.15, -0.1) is 12.4 Å².